The Labute approximate surface area is 170 Å². The van der Waals surface area contributed by atoms with Crippen molar-refractivity contribution in [3.8, 4) is 0 Å². The van der Waals surface area contributed by atoms with Crippen LogP contribution in [-0.2, 0) is 14.8 Å². The molecule has 0 aromatic heterocycles. The SMILES string of the molecule is CCCCCN(C(=O)CN1CCN(S(=O)(=O)c2ccc(C)cc2)CC1)C(C)C. The third-order valence-corrected chi connectivity index (χ3v) is 7.21. The zero-order chi connectivity index (χ0) is 20.7. The van der Waals surface area contributed by atoms with Gasteiger partial charge < -0.3 is 4.90 Å². The molecule has 6 nitrogen and oxygen atoms in total. The fourth-order valence-electron chi connectivity index (χ4n) is 3.47. The predicted octanol–water partition coefficient (Wildman–Crippen LogP) is 2.73. The van der Waals surface area contributed by atoms with Gasteiger partial charge in [0.25, 0.3) is 0 Å². The summed E-state index contributed by atoms with van der Waals surface area (Å²) in [5.74, 6) is 0.140. The number of piperazine rings is 1. The Morgan fingerprint density at radius 3 is 2.21 bits per heavy atom. The van der Waals surface area contributed by atoms with E-state index in [1.165, 1.54) is 4.31 Å². The fourth-order valence-corrected chi connectivity index (χ4v) is 4.89. The average Bonchev–Trinajstić information content (AvgIpc) is 2.65. The molecule has 0 saturated carbocycles. The first-order valence-corrected chi connectivity index (χ1v) is 11.8. The van der Waals surface area contributed by atoms with Crippen molar-refractivity contribution in [2.24, 2.45) is 0 Å². The van der Waals surface area contributed by atoms with Crippen molar-refractivity contribution >= 4 is 15.9 Å². The molecule has 7 heteroatoms. The Balaban J connectivity index is 1.90. The van der Waals surface area contributed by atoms with Gasteiger partial charge in [-0.2, -0.15) is 4.31 Å². The standard InChI is InChI=1S/C21H35N3O3S/c1-5-6-7-12-24(18(2)3)21(25)17-22-13-15-23(16-14-22)28(26,27)20-10-8-19(4)9-11-20/h8-11,18H,5-7,12-17H2,1-4H3. The van der Waals surface area contributed by atoms with Crippen LogP contribution in [0, 0.1) is 6.92 Å². The van der Waals surface area contributed by atoms with E-state index >= 15 is 0 Å². The van der Waals surface area contributed by atoms with E-state index in [2.05, 4.69) is 25.7 Å². The maximum Gasteiger partial charge on any atom is 0.243 e. The molecule has 2 rings (SSSR count). The summed E-state index contributed by atoms with van der Waals surface area (Å²) < 4.78 is 27.1. The monoisotopic (exact) mass is 409 g/mol. The van der Waals surface area contributed by atoms with Crippen LogP contribution in [-0.4, -0.2) is 73.7 Å². The van der Waals surface area contributed by atoms with Gasteiger partial charge >= 0.3 is 0 Å². The number of benzene rings is 1. The second-order valence-electron chi connectivity index (χ2n) is 7.88. The van der Waals surface area contributed by atoms with Crippen molar-refractivity contribution in [2.45, 2.75) is 57.9 Å². The van der Waals surface area contributed by atoms with Gasteiger partial charge in [-0.15, -0.1) is 0 Å². The number of hydrogen-bond acceptors (Lipinski definition) is 4. The van der Waals surface area contributed by atoms with Crippen molar-refractivity contribution in [2.75, 3.05) is 39.3 Å². The van der Waals surface area contributed by atoms with Crippen LogP contribution in [0.4, 0.5) is 0 Å². The highest BCUT2D eigenvalue weighted by molar-refractivity contribution is 7.89. The first-order valence-electron chi connectivity index (χ1n) is 10.3. The Morgan fingerprint density at radius 2 is 1.68 bits per heavy atom. The van der Waals surface area contributed by atoms with Crippen LogP contribution in [0.1, 0.15) is 45.6 Å². The van der Waals surface area contributed by atoms with Gasteiger partial charge in [0.2, 0.25) is 15.9 Å². The summed E-state index contributed by atoms with van der Waals surface area (Å²) in [4.78, 5) is 17.1. The first kappa shape index (κ1) is 22.8. The molecular weight excluding hydrogens is 374 g/mol. The van der Waals surface area contributed by atoms with E-state index in [-0.39, 0.29) is 11.9 Å². The van der Waals surface area contributed by atoms with Gasteiger partial charge in [0.1, 0.15) is 0 Å². The van der Waals surface area contributed by atoms with Crippen LogP contribution >= 0.6 is 0 Å². The predicted molar refractivity (Wildman–Crippen MR) is 113 cm³/mol. The lowest BCUT2D eigenvalue weighted by Gasteiger charge is -2.35. The van der Waals surface area contributed by atoms with Gasteiger partial charge in [-0.25, -0.2) is 8.42 Å². The number of amides is 1. The molecule has 158 valence electrons. The zero-order valence-electron chi connectivity index (χ0n) is 17.7. The number of carbonyl (C=O) groups is 1. The van der Waals surface area contributed by atoms with Gasteiger partial charge in [0.05, 0.1) is 11.4 Å². The third-order valence-electron chi connectivity index (χ3n) is 5.30. The smallest absolute Gasteiger partial charge is 0.243 e. The van der Waals surface area contributed by atoms with E-state index in [1.807, 2.05) is 24.0 Å². The summed E-state index contributed by atoms with van der Waals surface area (Å²) in [6.45, 7) is 11.4. The number of aryl methyl sites for hydroxylation is 1. The molecule has 0 bridgehead atoms. The first-order chi connectivity index (χ1) is 13.3. The van der Waals surface area contributed by atoms with Crippen LogP contribution in [0.2, 0.25) is 0 Å². The van der Waals surface area contributed by atoms with Crippen LogP contribution in [0.3, 0.4) is 0 Å². The van der Waals surface area contributed by atoms with Crippen molar-refractivity contribution in [1.82, 2.24) is 14.1 Å². The molecule has 0 spiro atoms. The topological polar surface area (TPSA) is 60.9 Å². The molecule has 0 unspecified atom stereocenters. The molecule has 0 aliphatic carbocycles. The normalized spacial score (nSPS) is 16.5. The highest BCUT2D eigenvalue weighted by atomic mass is 32.2. The summed E-state index contributed by atoms with van der Waals surface area (Å²) in [6, 6.07) is 7.16. The Hall–Kier alpha value is -1.44. The minimum atomic E-state index is -3.46. The molecule has 1 saturated heterocycles. The van der Waals surface area contributed by atoms with Gasteiger partial charge in [0, 0.05) is 38.8 Å². The fraction of sp³-hybridized carbons (Fsp3) is 0.667. The molecule has 1 heterocycles. The number of nitrogens with zero attached hydrogens (tertiary/aromatic N) is 3. The highest BCUT2D eigenvalue weighted by Crippen LogP contribution is 2.18. The maximum absolute atomic E-state index is 12.8. The second-order valence-corrected chi connectivity index (χ2v) is 9.82. The highest BCUT2D eigenvalue weighted by Gasteiger charge is 2.29. The molecule has 0 atom stereocenters. The summed E-state index contributed by atoms with van der Waals surface area (Å²) >= 11 is 0. The van der Waals surface area contributed by atoms with Crippen molar-refractivity contribution in [3.05, 3.63) is 29.8 Å². The van der Waals surface area contributed by atoms with Crippen LogP contribution < -0.4 is 0 Å². The van der Waals surface area contributed by atoms with Crippen molar-refractivity contribution in [3.63, 3.8) is 0 Å². The minimum absolute atomic E-state index is 0.140. The number of unbranched alkanes of at least 4 members (excludes halogenated alkanes) is 2. The minimum Gasteiger partial charge on any atom is -0.339 e. The van der Waals surface area contributed by atoms with E-state index in [0.717, 1.165) is 31.4 Å². The quantitative estimate of drug-likeness (QED) is 0.589. The molecule has 0 radical (unpaired) electrons. The average molecular weight is 410 g/mol. The molecular formula is C21H35N3O3S. The van der Waals surface area contributed by atoms with Gasteiger partial charge in [-0.3, -0.25) is 9.69 Å². The van der Waals surface area contributed by atoms with Gasteiger partial charge in [0.15, 0.2) is 0 Å². The Morgan fingerprint density at radius 1 is 1.07 bits per heavy atom. The van der Waals surface area contributed by atoms with Gasteiger partial charge in [-0.1, -0.05) is 37.5 Å². The number of hydrogen-bond donors (Lipinski definition) is 0. The molecule has 1 aliphatic rings. The summed E-state index contributed by atoms with van der Waals surface area (Å²) in [7, 11) is -3.46. The van der Waals surface area contributed by atoms with E-state index in [1.54, 1.807) is 12.1 Å². The molecule has 0 N–H and O–H groups in total. The lowest BCUT2D eigenvalue weighted by Crippen LogP contribution is -2.52. The second kappa shape index (κ2) is 10.4. The van der Waals surface area contributed by atoms with Crippen LogP contribution in [0.25, 0.3) is 0 Å². The summed E-state index contributed by atoms with van der Waals surface area (Å²) in [6.07, 6.45) is 3.30. The van der Waals surface area contributed by atoms with Crippen LogP contribution in [0.5, 0.6) is 0 Å². The van der Waals surface area contributed by atoms with E-state index in [0.29, 0.717) is 37.6 Å². The number of sulfonamides is 1. The lowest BCUT2D eigenvalue weighted by atomic mass is 10.2. The van der Waals surface area contributed by atoms with Crippen molar-refractivity contribution < 1.29 is 13.2 Å². The van der Waals surface area contributed by atoms with Gasteiger partial charge in [-0.05, 0) is 39.3 Å². The van der Waals surface area contributed by atoms with Crippen LogP contribution in [0.15, 0.2) is 29.2 Å². The van der Waals surface area contributed by atoms with E-state index in [4.69, 9.17) is 0 Å². The molecule has 1 aromatic rings. The lowest BCUT2D eigenvalue weighted by molar-refractivity contribution is -0.134. The number of rotatable bonds is 9. The molecule has 1 aromatic carbocycles. The maximum atomic E-state index is 12.8. The summed E-state index contributed by atoms with van der Waals surface area (Å²) in [5, 5.41) is 0. The molecule has 1 fully saturated rings. The largest absolute Gasteiger partial charge is 0.339 e. The zero-order valence-corrected chi connectivity index (χ0v) is 18.5. The molecule has 1 aliphatic heterocycles. The molecule has 28 heavy (non-hydrogen) atoms. The Bertz CT molecular complexity index is 724. The number of carbonyl (C=O) groups excluding carboxylic acids is 1. The molecule has 1 amide bonds. The van der Waals surface area contributed by atoms with Crippen molar-refractivity contribution in [1.29, 1.82) is 0 Å². The van der Waals surface area contributed by atoms with E-state index < -0.39 is 10.0 Å². The van der Waals surface area contributed by atoms with E-state index in [9.17, 15) is 13.2 Å². The third kappa shape index (κ3) is 6.03. The summed E-state index contributed by atoms with van der Waals surface area (Å²) in [5.41, 5.74) is 1.04. The Kier molecular flexibility index (Phi) is 8.46.